The fourth-order valence-electron chi connectivity index (χ4n) is 2.28. The van der Waals surface area contributed by atoms with Gasteiger partial charge >= 0.3 is 5.97 Å². The summed E-state index contributed by atoms with van der Waals surface area (Å²) >= 11 is 1.33. The maximum atomic E-state index is 12.6. The molecule has 28 heavy (non-hydrogen) atoms. The predicted octanol–water partition coefficient (Wildman–Crippen LogP) is 3.06. The number of nitrogens with one attached hydrogen (secondary N) is 2. The highest BCUT2D eigenvalue weighted by Gasteiger charge is 2.22. The predicted molar refractivity (Wildman–Crippen MR) is 116 cm³/mol. The van der Waals surface area contributed by atoms with E-state index in [1.807, 2.05) is 35.7 Å². The number of hydrogen-bond acceptors (Lipinski definition) is 6. The van der Waals surface area contributed by atoms with Crippen LogP contribution < -0.4 is 10.6 Å². The Bertz CT molecular complexity index is 754. The molecule has 0 fully saturated rings. The van der Waals surface area contributed by atoms with Gasteiger partial charge in [0, 0.05) is 24.5 Å². The number of carbonyl (C=O) groups excluding carboxylic acids is 2. The third-order valence-electron chi connectivity index (χ3n) is 3.62. The SMILES string of the molecule is O=C(O)CCSSCCNC(=O)C(Cc1ccccc1)NC(=O)c1cccs1. The molecule has 0 bridgehead atoms. The highest BCUT2D eigenvalue weighted by Crippen LogP contribution is 2.21. The zero-order valence-electron chi connectivity index (χ0n) is 15.1. The van der Waals surface area contributed by atoms with Crippen molar-refractivity contribution in [3.05, 3.63) is 58.3 Å². The Morgan fingerprint density at radius 3 is 2.46 bits per heavy atom. The lowest BCUT2D eigenvalue weighted by molar-refractivity contribution is -0.136. The smallest absolute Gasteiger partial charge is 0.304 e. The van der Waals surface area contributed by atoms with Gasteiger partial charge in [0.2, 0.25) is 5.91 Å². The van der Waals surface area contributed by atoms with Crippen molar-refractivity contribution >= 4 is 50.7 Å². The fraction of sp³-hybridized carbons (Fsp3) is 0.316. The van der Waals surface area contributed by atoms with Crippen LogP contribution in [0.3, 0.4) is 0 Å². The Morgan fingerprint density at radius 1 is 1.04 bits per heavy atom. The monoisotopic (exact) mass is 438 g/mol. The molecule has 0 radical (unpaired) electrons. The average molecular weight is 439 g/mol. The van der Waals surface area contributed by atoms with Gasteiger partial charge in [0.25, 0.3) is 5.91 Å². The molecular formula is C19H22N2O4S3. The van der Waals surface area contributed by atoms with Gasteiger partial charge in [-0.25, -0.2) is 0 Å². The molecule has 9 heteroatoms. The van der Waals surface area contributed by atoms with Crippen LogP contribution in [0.2, 0.25) is 0 Å². The summed E-state index contributed by atoms with van der Waals surface area (Å²) in [7, 11) is 2.99. The first-order valence-electron chi connectivity index (χ1n) is 8.68. The normalized spacial score (nSPS) is 11.6. The van der Waals surface area contributed by atoms with Crippen LogP contribution in [0.25, 0.3) is 0 Å². The van der Waals surface area contributed by atoms with Crippen LogP contribution in [0.5, 0.6) is 0 Å². The lowest BCUT2D eigenvalue weighted by Gasteiger charge is -2.18. The summed E-state index contributed by atoms with van der Waals surface area (Å²) in [5, 5.41) is 16.1. The van der Waals surface area contributed by atoms with E-state index in [9.17, 15) is 14.4 Å². The minimum absolute atomic E-state index is 0.123. The second-order valence-electron chi connectivity index (χ2n) is 5.77. The molecule has 2 amide bonds. The molecule has 1 heterocycles. The van der Waals surface area contributed by atoms with Crippen molar-refractivity contribution in [2.24, 2.45) is 0 Å². The molecule has 0 aliphatic carbocycles. The molecule has 0 aliphatic rings. The first-order chi connectivity index (χ1) is 13.6. The molecule has 6 nitrogen and oxygen atoms in total. The van der Waals surface area contributed by atoms with Gasteiger partial charge in [0.1, 0.15) is 6.04 Å². The molecule has 150 valence electrons. The van der Waals surface area contributed by atoms with Crippen molar-refractivity contribution < 1.29 is 19.5 Å². The van der Waals surface area contributed by atoms with E-state index in [1.54, 1.807) is 12.1 Å². The summed E-state index contributed by atoms with van der Waals surface area (Å²) in [5.41, 5.74) is 0.965. The Kier molecular flexibility index (Phi) is 9.95. The van der Waals surface area contributed by atoms with Crippen LogP contribution in [0.4, 0.5) is 0 Å². The standard InChI is InChI=1S/C19H22N2O4S3/c22-17(23)8-11-27-28-12-9-20-18(24)15(13-14-5-2-1-3-6-14)21-19(25)16-7-4-10-26-16/h1-7,10,15H,8-9,11-13H2,(H,20,24)(H,21,25)(H,22,23). The summed E-state index contributed by atoms with van der Waals surface area (Å²) in [6, 6.07) is 12.4. The summed E-state index contributed by atoms with van der Waals surface area (Å²) < 4.78 is 0. The van der Waals surface area contributed by atoms with Gasteiger partial charge in [0.15, 0.2) is 0 Å². The van der Waals surface area contributed by atoms with E-state index in [2.05, 4.69) is 10.6 Å². The number of carbonyl (C=O) groups is 3. The van der Waals surface area contributed by atoms with Crippen LogP contribution >= 0.6 is 32.9 Å². The number of carboxylic acid groups (broad SMARTS) is 1. The highest BCUT2D eigenvalue weighted by atomic mass is 33.1. The van der Waals surface area contributed by atoms with Crippen LogP contribution in [0.15, 0.2) is 47.8 Å². The quantitative estimate of drug-likeness (QED) is 0.348. The molecule has 0 saturated carbocycles. The molecule has 1 aromatic heterocycles. The number of aliphatic carboxylic acids is 1. The number of carboxylic acids is 1. The average Bonchev–Trinajstić information content (AvgIpc) is 3.22. The molecule has 0 saturated heterocycles. The lowest BCUT2D eigenvalue weighted by Crippen LogP contribution is -2.48. The lowest BCUT2D eigenvalue weighted by atomic mass is 10.1. The summed E-state index contributed by atoms with van der Waals surface area (Å²) in [6.45, 7) is 0.448. The maximum absolute atomic E-state index is 12.6. The Morgan fingerprint density at radius 2 is 1.79 bits per heavy atom. The van der Waals surface area contributed by atoms with Crippen molar-refractivity contribution in [2.75, 3.05) is 18.1 Å². The molecular weight excluding hydrogens is 416 g/mol. The van der Waals surface area contributed by atoms with Gasteiger partial charge in [-0.15, -0.1) is 11.3 Å². The van der Waals surface area contributed by atoms with E-state index in [4.69, 9.17) is 5.11 Å². The van der Waals surface area contributed by atoms with E-state index in [1.165, 1.54) is 32.9 Å². The van der Waals surface area contributed by atoms with Gasteiger partial charge in [0.05, 0.1) is 11.3 Å². The Hall–Kier alpha value is -1.97. The molecule has 0 aliphatic heterocycles. The molecule has 1 aromatic carbocycles. The molecule has 3 N–H and O–H groups in total. The number of amides is 2. The first kappa shape index (κ1) is 22.3. The van der Waals surface area contributed by atoms with Crippen molar-refractivity contribution in [1.29, 1.82) is 0 Å². The highest BCUT2D eigenvalue weighted by molar-refractivity contribution is 8.76. The van der Waals surface area contributed by atoms with Crippen LogP contribution in [-0.4, -0.2) is 47.0 Å². The molecule has 1 atom stereocenters. The summed E-state index contributed by atoms with van der Waals surface area (Å²) in [4.78, 5) is 36.0. The molecule has 0 spiro atoms. The molecule has 1 unspecified atom stereocenters. The minimum atomic E-state index is -0.813. The van der Waals surface area contributed by atoms with Gasteiger partial charge in [-0.2, -0.15) is 0 Å². The van der Waals surface area contributed by atoms with Crippen LogP contribution in [0.1, 0.15) is 21.7 Å². The van der Waals surface area contributed by atoms with E-state index < -0.39 is 12.0 Å². The van der Waals surface area contributed by atoms with E-state index in [0.717, 1.165) is 5.56 Å². The zero-order valence-corrected chi connectivity index (χ0v) is 17.6. The van der Waals surface area contributed by atoms with Crippen LogP contribution in [0, 0.1) is 0 Å². The second-order valence-corrected chi connectivity index (χ2v) is 9.42. The number of hydrogen-bond donors (Lipinski definition) is 3. The number of thiophene rings is 1. The van der Waals surface area contributed by atoms with E-state index in [-0.39, 0.29) is 18.2 Å². The van der Waals surface area contributed by atoms with Crippen LogP contribution in [-0.2, 0) is 16.0 Å². The Balaban J connectivity index is 1.84. The largest absolute Gasteiger partial charge is 0.481 e. The van der Waals surface area contributed by atoms with Crippen molar-refractivity contribution in [2.45, 2.75) is 18.9 Å². The van der Waals surface area contributed by atoms with Gasteiger partial charge in [-0.05, 0) is 17.0 Å². The fourth-order valence-corrected chi connectivity index (χ4v) is 4.80. The van der Waals surface area contributed by atoms with Gasteiger partial charge in [-0.3, -0.25) is 14.4 Å². The van der Waals surface area contributed by atoms with Gasteiger partial charge in [-0.1, -0.05) is 58.0 Å². The van der Waals surface area contributed by atoms with Gasteiger partial charge < -0.3 is 15.7 Å². The second kappa shape index (κ2) is 12.5. The van der Waals surface area contributed by atoms with Crippen molar-refractivity contribution in [3.63, 3.8) is 0 Å². The Labute approximate surface area is 175 Å². The first-order valence-corrected chi connectivity index (χ1v) is 12.0. The molecule has 2 aromatic rings. The summed E-state index contributed by atoms with van der Waals surface area (Å²) in [5.74, 6) is -0.116. The third kappa shape index (κ3) is 8.37. The molecule has 2 rings (SSSR count). The minimum Gasteiger partial charge on any atom is -0.481 e. The zero-order chi connectivity index (χ0) is 20.2. The van der Waals surface area contributed by atoms with E-state index >= 15 is 0 Å². The maximum Gasteiger partial charge on any atom is 0.304 e. The van der Waals surface area contributed by atoms with Crippen molar-refractivity contribution in [3.8, 4) is 0 Å². The van der Waals surface area contributed by atoms with E-state index in [0.29, 0.717) is 29.3 Å². The number of benzene rings is 1. The topological polar surface area (TPSA) is 95.5 Å². The number of rotatable bonds is 12. The third-order valence-corrected chi connectivity index (χ3v) is 6.89. The van der Waals surface area contributed by atoms with Crippen molar-refractivity contribution in [1.82, 2.24) is 10.6 Å². The summed E-state index contributed by atoms with van der Waals surface area (Å²) in [6.07, 6.45) is 0.530.